The van der Waals surface area contributed by atoms with Crippen molar-refractivity contribution in [2.75, 3.05) is 12.3 Å². The normalized spacial score (nSPS) is 21.4. The predicted octanol–water partition coefficient (Wildman–Crippen LogP) is 3.52. The molecule has 0 amide bonds. The summed E-state index contributed by atoms with van der Waals surface area (Å²) in [5, 5.41) is 14.2. The molecule has 2 aromatic carbocycles. The largest absolute Gasteiger partial charge is 0.483 e. The van der Waals surface area contributed by atoms with Gasteiger partial charge in [0.1, 0.15) is 11.4 Å². The van der Waals surface area contributed by atoms with Gasteiger partial charge in [-0.15, -0.1) is 0 Å². The third kappa shape index (κ3) is 3.75. The van der Waals surface area contributed by atoms with Crippen LogP contribution in [0.3, 0.4) is 0 Å². The van der Waals surface area contributed by atoms with Crippen LogP contribution in [0.15, 0.2) is 42.5 Å². The van der Waals surface area contributed by atoms with E-state index in [9.17, 15) is 18.3 Å². The molecule has 1 atom stereocenters. The quantitative estimate of drug-likeness (QED) is 0.561. The first-order valence-electron chi connectivity index (χ1n) is 8.72. The van der Waals surface area contributed by atoms with Crippen molar-refractivity contribution in [1.29, 1.82) is 0 Å². The maximum absolute atomic E-state index is 13.5. The standard InChI is InChI=1S/C20H23F3N2O2/c1-18(2)19(26,25-11-10-13-6-4-3-5-7-13)12-14-16(27-18)9-8-15(24)17(14)20(21,22)23/h3-9,25-26H,10-12,24H2,1-2H3. The van der Waals surface area contributed by atoms with E-state index in [-0.39, 0.29) is 23.4 Å². The molecule has 0 aromatic heterocycles. The van der Waals surface area contributed by atoms with E-state index in [1.807, 2.05) is 30.3 Å². The lowest BCUT2D eigenvalue weighted by atomic mass is 9.82. The van der Waals surface area contributed by atoms with Crippen LogP contribution in [0.2, 0.25) is 0 Å². The Labute approximate surface area is 156 Å². The molecule has 0 saturated carbocycles. The number of hydrogen-bond donors (Lipinski definition) is 3. The van der Waals surface area contributed by atoms with Gasteiger partial charge in [0.15, 0.2) is 5.72 Å². The van der Waals surface area contributed by atoms with Crippen LogP contribution in [-0.4, -0.2) is 23.0 Å². The van der Waals surface area contributed by atoms with Crippen molar-refractivity contribution in [3.8, 4) is 5.75 Å². The number of nitrogens with two attached hydrogens (primary N) is 1. The molecule has 2 aromatic rings. The zero-order valence-electron chi connectivity index (χ0n) is 15.2. The molecule has 0 aliphatic carbocycles. The molecular formula is C20H23F3N2O2. The van der Waals surface area contributed by atoms with Crippen molar-refractivity contribution in [3.05, 3.63) is 59.2 Å². The van der Waals surface area contributed by atoms with Gasteiger partial charge in [0.05, 0.1) is 5.56 Å². The minimum Gasteiger partial charge on any atom is -0.483 e. The third-order valence-electron chi connectivity index (χ3n) is 5.05. The highest BCUT2D eigenvalue weighted by molar-refractivity contribution is 5.59. The highest BCUT2D eigenvalue weighted by atomic mass is 19.4. The number of nitrogens with one attached hydrogen (secondary N) is 1. The number of nitrogen functional groups attached to an aromatic ring is 1. The Bertz CT molecular complexity index is 822. The summed E-state index contributed by atoms with van der Waals surface area (Å²) in [6.45, 7) is 3.68. The lowest BCUT2D eigenvalue weighted by Crippen LogP contribution is -2.66. The fourth-order valence-corrected chi connectivity index (χ4v) is 3.41. The second-order valence-corrected chi connectivity index (χ2v) is 7.32. The molecule has 4 nitrogen and oxygen atoms in total. The lowest BCUT2D eigenvalue weighted by molar-refractivity contribution is -0.155. The van der Waals surface area contributed by atoms with Gasteiger partial charge in [-0.2, -0.15) is 13.2 Å². The van der Waals surface area contributed by atoms with E-state index >= 15 is 0 Å². The molecule has 1 aliphatic heterocycles. The first-order chi connectivity index (χ1) is 12.5. The summed E-state index contributed by atoms with van der Waals surface area (Å²) in [4.78, 5) is 0. The van der Waals surface area contributed by atoms with Gasteiger partial charge in [0, 0.05) is 24.2 Å². The van der Waals surface area contributed by atoms with Crippen LogP contribution >= 0.6 is 0 Å². The van der Waals surface area contributed by atoms with Crippen molar-refractivity contribution in [3.63, 3.8) is 0 Å². The van der Waals surface area contributed by atoms with Crippen LogP contribution in [-0.2, 0) is 19.0 Å². The van der Waals surface area contributed by atoms with Gasteiger partial charge in [0.2, 0.25) is 0 Å². The monoisotopic (exact) mass is 380 g/mol. The van der Waals surface area contributed by atoms with E-state index in [1.54, 1.807) is 13.8 Å². The topological polar surface area (TPSA) is 67.5 Å². The van der Waals surface area contributed by atoms with Gasteiger partial charge in [-0.1, -0.05) is 30.3 Å². The molecule has 1 aliphatic rings. The number of benzene rings is 2. The Balaban J connectivity index is 1.88. The van der Waals surface area contributed by atoms with Gasteiger partial charge in [-0.3, -0.25) is 5.32 Å². The van der Waals surface area contributed by atoms with Crippen molar-refractivity contribution in [2.45, 2.75) is 44.2 Å². The molecule has 0 bridgehead atoms. The number of fused-ring (bicyclic) bond motifs is 1. The van der Waals surface area contributed by atoms with Crippen molar-refractivity contribution in [1.82, 2.24) is 5.32 Å². The molecule has 27 heavy (non-hydrogen) atoms. The Hall–Kier alpha value is -2.25. The van der Waals surface area contributed by atoms with E-state index < -0.39 is 23.1 Å². The summed E-state index contributed by atoms with van der Waals surface area (Å²) in [5.41, 5.74) is 2.38. The minimum atomic E-state index is -4.63. The Kier molecular flexibility index (Phi) is 4.86. The Morgan fingerprint density at radius 1 is 1.15 bits per heavy atom. The highest BCUT2D eigenvalue weighted by Gasteiger charge is 2.52. The number of halogens is 3. The van der Waals surface area contributed by atoms with Crippen LogP contribution in [0.5, 0.6) is 5.75 Å². The van der Waals surface area contributed by atoms with Crippen LogP contribution in [0.4, 0.5) is 18.9 Å². The molecule has 0 fully saturated rings. The van der Waals surface area contributed by atoms with E-state index in [0.29, 0.717) is 13.0 Å². The third-order valence-corrected chi connectivity index (χ3v) is 5.05. The van der Waals surface area contributed by atoms with Crippen molar-refractivity contribution in [2.24, 2.45) is 0 Å². The fraction of sp³-hybridized carbons (Fsp3) is 0.400. The van der Waals surface area contributed by atoms with Crippen molar-refractivity contribution >= 4 is 5.69 Å². The fourth-order valence-electron chi connectivity index (χ4n) is 3.41. The summed E-state index contributed by atoms with van der Waals surface area (Å²) in [7, 11) is 0. The summed E-state index contributed by atoms with van der Waals surface area (Å²) in [6, 6.07) is 12.2. The number of ether oxygens (including phenoxy) is 1. The van der Waals surface area contributed by atoms with Crippen LogP contribution < -0.4 is 15.8 Å². The maximum atomic E-state index is 13.5. The summed E-state index contributed by atoms with van der Waals surface area (Å²) < 4.78 is 46.3. The molecule has 146 valence electrons. The van der Waals surface area contributed by atoms with E-state index in [0.717, 1.165) is 5.56 Å². The second kappa shape index (κ2) is 6.73. The predicted molar refractivity (Wildman–Crippen MR) is 97.4 cm³/mol. The molecule has 3 rings (SSSR count). The SMILES string of the molecule is CC1(C)Oc2ccc(N)c(C(F)(F)F)c2CC1(O)NCCc1ccccc1. The molecule has 4 N–H and O–H groups in total. The van der Waals surface area contributed by atoms with Gasteiger partial charge < -0.3 is 15.6 Å². The zero-order valence-corrected chi connectivity index (χ0v) is 15.2. The minimum absolute atomic E-state index is 0.0936. The van der Waals surface area contributed by atoms with Gasteiger partial charge in [-0.25, -0.2) is 0 Å². The highest BCUT2D eigenvalue weighted by Crippen LogP contribution is 2.46. The average molecular weight is 380 g/mol. The maximum Gasteiger partial charge on any atom is 0.418 e. The van der Waals surface area contributed by atoms with E-state index in [2.05, 4.69) is 5.32 Å². The number of aliphatic hydroxyl groups is 1. The van der Waals surface area contributed by atoms with Gasteiger partial charge >= 0.3 is 6.18 Å². The molecule has 7 heteroatoms. The molecular weight excluding hydrogens is 357 g/mol. The van der Waals surface area contributed by atoms with Crippen LogP contribution in [0.25, 0.3) is 0 Å². The van der Waals surface area contributed by atoms with Gasteiger partial charge in [0.25, 0.3) is 0 Å². The average Bonchev–Trinajstić information content (AvgIpc) is 2.56. The Morgan fingerprint density at radius 2 is 1.81 bits per heavy atom. The number of alkyl halides is 3. The zero-order chi connectivity index (χ0) is 19.9. The van der Waals surface area contributed by atoms with Crippen molar-refractivity contribution < 1.29 is 23.0 Å². The van der Waals surface area contributed by atoms with Crippen LogP contribution in [0, 0.1) is 0 Å². The molecule has 0 spiro atoms. The Morgan fingerprint density at radius 3 is 2.44 bits per heavy atom. The molecule has 0 radical (unpaired) electrons. The first-order valence-corrected chi connectivity index (χ1v) is 8.72. The number of hydrogen-bond acceptors (Lipinski definition) is 4. The van der Waals surface area contributed by atoms with E-state index in [4.69, 9.17) is 10.5 Å². The molecule has 1 heterocycles. The summed E-state index contributed by atoms with van der Waals surface area (Å²) in [6.07, 6.45) is -4.27. The summed E-state index contributed by atoms with van der Waals surface area (Å²) in [5.74, 6) is 0.0936. The lowest BCUT2D eigenvalue weighted by Gasteiger charge is -2.47. The molecule has 0 saturated heterocycles. The first kappa shape index (κ1) is 19.5. The van der Waals surface area contributed by atoms with E-state index in [1.165, 1.54) is 12.1 Å². The number of rotatable bonds is 4. The smallest absolute Gasteiger partial charge is 0.418 e. The van der Waals surface area contributed by atoms with Crippen LogP contribution in [0.1, 0.15) is 30.5 Å². The molecule has 1 unspecified atom stereocenters. The summed E-state index contributed by atoms with van der Waals surface area (Å²) >= 11 is 0. The van der Waals surface area contributed by atoms with Gasteiger partial charge in [-0.05, 0) is 38.0 Å². The number of anilines is 1. The second-order valence-electron chi connectivity index (χ2n) is 7.32.